The minimum absolute atomic E-state index is 0.00976. The standard InChI is InChI=1S/C23H39O7Si3/c1-16(2)21(29-32(6,7)8)23(31,30-33(9,10)11)28-22(24)20(27-5)19(26-4)17-14-12-13-15-18(17)25-3/h12-16,21H,1-11H3. The molecule has 7 nitrogen and oxygen atoms in total. The first-order valence-electron chi connectivity index (χ1n) is 10.9. The number of methoxy groups -OCH3 is 3. The fraction of sp³-hybridized carbons (Fsp3) is 0.609. The van der Waals surface area contributed by atoms with Gasteiger partial charge in [-0.3, -0.25) is 0 Å². The maximum atomic E-state index is 13.5. The van der Waals surface area contributed by atoms with Crippen molar-refractivity contribution in [1.82, 2.24) is 0 Å². The maximum absolute atomic E-state index is 13.5. The number of rotatable bonds is 12. The Morgan fingerprint density at radius 3 is 1.94 bits per heavy atom. The minimum atomic E-state index is -2.20. The molecular weight excluding hydrogens is 473 g/mol. The van der Waals surface area contributed by atoms with Crippen LogP contribution >= 0.6 is 0 Å². The van der Waals surface area contributed by atoms with Crippen LogP contribution in [0.5, 0.6) is 5.75 Å². The summed E-state index contributed by atoms with van der Waals surface area (Å²) in [5, 5.41) is 0. The lowest BCUT2D eigenvalue weighted by atomic mass is 10.1. The molecule has 0 aliphatic heterocycles. The summed E-state index contributed by atoms with van der Waals surface area (Å²) >= 11 is 0. The Morgan fingerprint density at radius 2 is 1.52 bits per heavy atom. The minimum Gasteiger partial charge on any atom is -0.496 e. The molecule has 0 bridgehead atoms. The normalized spacial score (nSPS) is 15.9. The largest absolute Gasteiger partial charge is 0.496 e. The molecule has 1 aromatic carbocycles. The highest BCUT2D eigenvalue weighted by atomic mass is 28.4. The summed E-state index contributed by atoms with van der Waals surface area (Å²) in [5.74, 6) is -0.155. The Kier molecular flexibility index (Phi) is 10.4. The summed E-state index contributed by atoms with van der Waals surface area (Å²) < 4.78 is 35.3. The third-order valence-corrected chi connectivity index (χ3v) is 6.88. The second-order valence-electron chi connectivity index (χ2n) is 9.93. The first kappa shape index (κ1) is 29.4. The topological polar surface area (TPSA) is 72.5 Å². The molecule has 0 saturated heterocycles. The van der Waals surface area contributed by atoms with Crippen LogP contribution < -0.4 is 4.74 Å². The van der Waals surface area contributed by atoms with Gasteiger partial charge < -0.3 is 27.8 Å². The van der Waals surface area contributed by atoms with Crippen molar-refractivity contribution in [1.29, 1.82) is 0 Å². The molecule has 2 unspecified atom stereocenters. The Labute approximate surface area is 204 Å². The molecule has 0 aliphatic carbocycles. The van der Waals surface area contributed by atoms with Gasteiger partial charge in [0.25, 0.3) is 0 Å². The smallest absolute Gasteiger partial charge is 0.379 e. The van der Waals surface area contributed by atoms with E-state index in [1.54, 1.807) is 19.2 Å². The van der Waals surface area contributed by atoms with E-state index in [0.29, 0.717) is 11.3 Å². The van der Waals surface area contributed by atoms with Crippen LogP contribution in [0.1, 0.15) is 19.4 Å². The van der Waals surface area contributed by atoms with Gasteiger partial charge in [-0.05, 0) is 57.3 Å². The van der Waals surface area contributed by atoms with Crippen molar-refractivity contribution in [2.45, 2.75) is 64.6 Å². The number of carbonyl (C=O) groups excluding carboxylic acids is 1. The Balaban J connectivity index is 3.56. The molecular formula is C23H39O7Si3. The SMILES string of the molecule is COC(C(=O)OC([Si])(O[Si](C)(C)C)C(O[Si](C)(C)C)C(C)C)=C(OC)c1ccccc1OC. The molecule has 0 amide bonds. The van der Waals surface area contributed by atoms with Gasteiger partial charge in [0.1, 0.15) is 22.1 Å². The van der Waals surface area contributed by atoms with Gasteiger partial charge in [0, 0.05) is 0 Å². The van der Waals surface area contributed by atoms with E-state index in [2.05, 4.69) is 29.9 Å². The molecule has 0 aromatic heterocycles. The Hall–Kier alpha value is -1.60. The van der Waals surface area contributed by atoms with Crippen LogP contribution in [0.2, 0.25) is 39.3 Å². The highest BCUT2D eigenvalue weighted by Crippen LogP contribution is 2.33. The van der Waals surface area contributed by atoms with Crippen LogP contribution in [0.4, 0.5) is 0 Å². The molecule has 185 valence electrons. The second kappa shape index (κ2) is 11.7. The molecule has 10 heteroatoms. The predicted molar refractivity (Wildman–Crippen MR) is 136 cm³/mol. The predicted octanol–water partition coefficient (Wildman–Crippen LogP) is 4.75. The molecule has 0 N–H and O–H groups in total. The molecule has 0 saturated carbocycles. The van der Waals surface area contributed by atoms with Gasteiger partial charge >= 0.3 is 5.97 Å². The van der Waals surface area contributed by atoms with Gasteiger partial charge in [-0.2, -0.15) is 0 Å². The first-order chi connectivity index (χ1) is 15.1. The van der Waals surface area contributed by atoms with Crippen molar-refractivity contribution in [3.05, 3.63) is 35.6 Å². The molecule has 0 heterocycles. The highest BCUT2D eigenvalue weighted by Gasteiger charge is 2.47. The molecule has 0 spiro atoms. The number of ether oxygens (including phenoxy) is 4. The van der Waals surface area contributed by atoms with Crippen molar-refractivity contribution in [3.63, 3.8) is 0 Å². The van der Waals surface area contributed by atoms with Crippen molar-refractivity contribution in [2.24, 2.45) is 5.92 Å². The van der Waals surface area contributed by atoms with Crippen molar-refractivity contribution in [3.8, 4) is 5.75 Å². The van der Waals surface area contributed by atoms with Crippen LogP contribution in [0.15, 0.2) is 30.0 Å². The van der Waals surface area contributed by atoms with E-state index < -0.39 is 34.1 Å². The van der Waals surface area contributed by atoms with E-state index in [4.69, 9.17) is 27.8 Å². The number of benzene rings is 1. The lowest BCUT2D eigenvalue weighted by Gasteiger charge is -2.45. The number of hydrogen-bond donors (Lipinski definition) is 0. The monoisotopic (exact) mass is 511 g/mol. The van der Waals surface area contributed by atoms with Crippen LogP contribution in [-0.2, 0) is 27.9 Å². The molecule has 2 atom stereocenters. The lowest BCUT2D eigenvalue weighted by molar-refractivity contribution is -0.200. The number of carbonyl (C=O) groups is 1. The maximum Gasteiger partial charge on any atom is 0.379 e. The Bertz CT molecular complexity index is 828. The molecule has 1 aromatic rings. The van der Waals surface area contributed by atoms with Gasteiger partial charge in [0.15, 0.2) is 22.4 Å². The quantitative estimate of drug-likeness (QED) is 0.132. The third kappa shape index (κ3) is 8.60. The van der Waals surface area contributed by atoms with E-state index in [1.165, 1.54) is 14.2 Å². The fourth-order valence-corrected chi connectivity index (χ4v) is 7.01. The van der Waals surface area contributed by atoms with E-state index in [-0.39, 0.29) is 17.4 Å². The van der Waals surface area contributed by atoms with Crippen molar-refractivity contribution in [2.75, 3.05) is 21.3 Å². The zero-order valence-corrected chi connectivity index (χ0v) is 24.8. The summed E-state index contributed by atoms with van der Waals surface area (Å²) in [4.78, 5) is 13.5. The Morgan fingerprint density at radius 1 is 0.939 bits per heavy atom. The zero-order chi connectivity index (χ0) is 25.6. The summed E-state index contributed by atoms with van der Waals surface area (Å²) in [7, 11) is 3.85. The highest BCUT2D eigenvalue weighted by molar-refractivity contribution is 6.70. The average molecular weight is 512 g/mol. The van der Waals surface area contributed by atoms with Crippen molar-refractivity contribution < 1.29 is 32.6 Å². The molecule has 3 radical (unpaired) electrons. The second-order valence-corrected chi connectivity index (χ2v) is 19.5. The summed E-state index contributed by atoms with van der Waals surface area (Å²) in [6, 6.07) is 7.18. The van der Waals surface area contributed by atoms with E-state index in [9.17, 15) is 4.79 Å². The summed E-state index contributed by atoms with van der Waals surface area (Å²) in [6.45, 7) is 16.3. The van der Waals surface area contributed by atoms with Gasteiger partial charge in [-0.25, -0.2) is 4.79 Å². The van der Waals surface area contributed by atoms with Crippen LogP contribution in [0.3, 0.4) is 0 Å². The number of para-hydroxylation sites is 1. The van der Waals surface area contributed by atoms with Crippen LogP contribution in [0.25, 0.3) is 5.76 Å². The fourth-order valence-electron chi connectivity index (χ4n) is 3.24. The van der Waals surface area contributed by atoms with Crippen molar-refractivity contribution >= 4 is 38.6 Å². The molecule has 33 heavy (non-hydrogen) atoms. The van der Waals surface area contributed by atoms with E-state index in [0.717, 1.165) is 0 Å². The molecule has 0 fully saturated rings. The van der Waals surface area contributed by atoms with Gasteiger partial charge in [0.05, 0.1) is 26.9 Å². The average Bonchev–Trinajstić information content (AvgIpc) is 2.67. The van der Waals surface area contributed by atoms with Gasteiger partial charge in [-0.1, -0.05) is 26.0 Å². The molecule has 0 aliphatic rings. The number of hydrogen-bond acceptors (Lipinski definition) is 7. The molecule has 1 rings (SSSR count). The number of esters is 1. The summed E-state index contributed by atoms with van der Waals surface area (Å²) in [5.41, 5.74) is -0.958. The summed E-state index contributed by atoms with van der Waals surface area (Å²) in [6.07, 6.45) is -0.549. The van der Waals surface area contributed by atoms with Gasteiger partial charge in [-0.15, -0.1) is 0 Å². The van der Waals surface area contributed by atoms with Crippen LogP contribution in [0, 0.1) is 5.92 Å². The van der Waals surface area contributed by atoms with Gasteiger partial charge in [0.2, 0.25) is 11.2 Å². The third-order valence-electron chi connectivity index (χ3n) is 4.31. The zero-order valence-electron chi connectivity index (χ0n) is 21.8. The van der Waals surface area contributed by atoms with E-state index >= 15 is 0 Å². The van der Waals surface area contributed by atoms with E-state index in [1.807, 2.05) is 45.6 Å². The first-order valence-corrected chi connectivity index (χ1v) is 18.2. The lowest BCUT2D eigenvalue weighted by Crippen LogP contribution is -2.59. The van der Waals surface area contributed by atoms with Crippen LogP contribution in [-0.4, -0.2) is 65.7 Å².